The van der Waals surface area contributed by atoms with Crippen LogP contribution in [0.5, 0.6) is 0 Å². The van der Waals surface area contributed by atoms with Crippen molar-refractivity contribution in [1.82, 2.24) is 15.6 Å². The van der Waals surface area contributed by atoms with E-state index in [4.69, 9.17) is 0 Å². The minimum absolute atomic E-state index is 0.407. The molecule has 0 unspecified atom stereocenters. The van der Waals surface area contributed by atoms with E-state index in [1.165, 1.54) is 28.3 Å². The van der Waals surface area contributed by atoms with Crippen LogP contribution in [0.4, 0.5) is 0 Å². The number of thiazole rings is 1. The molecule has 3 rings (SSSR count). The highest BCUT2D eigenvalue weighted by molar-refractivity contribution is 7.11. The number of guanidine groups is 1. The molecule has 1 aromatic heterocycles. The van der Waals surface area contributed by atoms with Gasteiger partial charge in [-0.15, -0.1) is 11.3 Å². The number of nitrogens with one attached hydrogen (secondary N) is 2. The first-order chi connectivity index (χ1) is 12.2. The maximum absolute atomic E-state index is 4.47. The third kappa shape index (κ3) is 5.30. The third-order valence-corrected chi connectivity index (χ3v) is 6.02. The fourth-order valence-corrected chi connectivity index (χ4v) is 3.89. The molecule has 2 N–H and O–H groups in total. The molecular formula is C20H28N4S. The van der Waals surface area contributed by atoms with Crippen molar-refractivity contribution >= 4 is 17.3 Å². The Labute approximate surface area is 154 Å². The molecule has 1 fully saturated rings. The summed E-state index contributed by atoms with van der Waals surface area (Å²) >= 11 is 1.81. The van der Waals surface area contributed by atoms with Crippen LogP contribution in [0.1, 0.15) is 35.2 Å². The summed E-state index contributed by atoms with van der Waals surface area (Å²) in [5.74, 6) is 0.895. The standard InChI is InChI=1S/C20H28N4S/c1-3-17-14-23-18(25-17)9-12-22-19(21-2)24-15-20(10-11-20)13-16-7-5-4-6-8-16/h4-8,14H,3,9-13,15H2,1-2H3,(H2,21,22,24). The van der Waals surface area contributed by atoms with Crippen molar-refractivity contribution < 1.29 is 0 Å². The number of aromatic nitrogens is 1. The molecule has 0 spiro atoms. The van der Waals surface area contributed by atoms with Crippen LogP contribution in [0.2, 0.25) is 0 Å². The van der Waals surface area contributed by atoms with Gasteiger partial charge in [0.15, 0.2) is 5.96 Å². The first kappa shape index (κ1) is 17.9. The maximum Gasteiger partial charge on any atom is 0.191 e. The summed E-state index contributed by atoms with van der Waals surface area (Å²) in [6, 6.07) is 10.8. The molecule has 0 saturated heterocycles. The number of benzene rings is 1. The summed E-state index contributed by atoms with van der Waals surface area (Å²) in [6.07, 6.45) is 7.75. The molecule has 0 radical (unpaired) electrons. The highest BCUT2D eigenvalue weighted by atomic mass is 32.1. The Morgan fingerprint density at radius 3 is 2.68 bits per heavy atom. The van der Waals surface area contributed by atoms with Crippen LogP contribution in [0, 0.1) is 5.41 Å². The molecule has 1 aliphatic rings. The van der Waals surface area contributed by atoms with Crippen molar-refractivity contribution in [2.75, 3.05) is 20.1 Å². The van der Waals surface area contributed by atoms with Gasteiger partial charge in [-0.05, 0) is 36.7 Å². The summed E-state index contributed by atoms with van der Waals surface area (Å²) in [6.45, 7) is 4.02. The largest absolute Gasteiger partial charge is 0.356 e. The highest BCUT2D eigenvalue weighted by Crippen LogP contribution is 2.47. The second-order valence-corrected chi connectivity index (χ2v) is 8.04. The van der Waals surface area contributed by atoms with E-state index in [1.807, 2.05) is 24.6 Å². The molecule has 0 bridgehead atoms. The van der Waals surface area contributed by atoms with Crippen LogP contribution in [0.3, 0.4) is 0 Å². The Hall–Kier alpha value is -1.88. The summed E-state index contributed by atoms with van der Waals surface area (Å²) < 4.78 is 0. The zero-order valence-electron chi connectivity index (χ0n) is 15.2. The van der Waals surface area contributed by atoms with Crippen LogP contribution < -0.4 is 10.6 Å². The third-order valence-electron chi connectivity index (χ3n) is 4.81. The molecule has 25 heavy (non-hydrogen) atoms. The van der Waals surface area contributed by atoms with Gasteiger partial charge >= 0.3 is 0 Å². The van der Waals surface area contributed by atoms with Gasteiger partial charge in [0, 0.05) is 37.6 Å². The molecule has 1 aromatic carbocycles. The summed E-state index contributed by atoms with van der Waals surface area (Å²) in [7, 11) is 1.84. The minimum atomic E-state index is 0.407. The lowest BCUT2D eigenvalue weighted by Crippen LogP contribution is -2.41. The van der Waals surface area contributed by atoms with E-state index >= 15 is 0 Å². The number of nitrogens with zero attached hydrogens (tertiary/aromatic N) is 2. The van der Waals surface area contributed by atoms with Gasteiger partial charge in [-0.2, -0.15) is 0 Å². The van der Waals surface area contributed by atoms with E-state index in [9.17, 15) is 0 Å². The van der Waals surface area contributed by atoms with Crippen LogP contribution in [-0.4, -0.2) is 31.1 Å². The predicted octanol–water partition coefficient (Wildman–Crippen LogP) is 3.44. The van der Waals surface area contributed by atoms with E-state index in [-0.39, 0.29) is 0 Å². The van der Waals surface area contributed by atoms with Gasteiger partial charge in [-0.3, -0.25) is 4.99 Å². The fourth-order valence-electron chi connectivity index (χ4n) is 3.03. The smallest absolute Gasteiger partial charge is 0.191 e. The van der Waals surface area contributed by atoms with Crippen molar-refractivity contribution in [2.45, 2.75) is 39.0 Å². The molecule has 0 atom stereocenters. The van der Waals surface area contributed by atoms with Crippen LogP contribution in [-0.2, 0) is 19.3 Å². The van der Waals surface area contributed by atoms with Crippen LogP contribution in [0.25, 0.3) is 0 Å². The number of hydrogen-bond acceptors (Lipinski definition) is 3. The molecule has 1 aliphatic carbocycles. The van der Waals surface area contributed by atoms with Crippen molar-refractivity contribution in [2.24, 2.45) is 10.4 Å². The maximum atomic E-state index is 4.47. The quantitative estimate of drug-likeness (QED) is 0.563. The van der Waals surface area contributed by atoms with E-state index in [2.05, 4.69) is 57.9 Å². The predicted molar refractivity (Wildman–Crippen MR) is 106 cm³/mol. The molecule has 4 nitrogen and oxygen atoms in total. The Bertz CT molecular complexity index is 689. The van der Waals surface area contributed by atoms with E-state index in [1.54, 1.807) is 0 Å². The summed E-state index contributed by atoms with van der Waals surface area (Å²) in [5.41, 5.74) is 1.84. The monoisotopic (exact) mass is 356 g/mol. The lowest BCUT2D eigenvalue weighted by molar-refractivity contribution is 0.492. The molecule has 134 valence electrons. The van der Waals surface area contributed by atoms with Crippen molar-refractivity contribution in [3.8, 4) is 0 Å². The lowest BCUT2D eigenvalue weighted by Gasteiger charge is -2.18. The first-order valence-electron chi connectivity index (χ1n) is 9.15. The van der Waals surface area contributed by atoms with Crippen molar-refractivity contribution in [3.63, 3.8) is 0 Å². The molecule has 0 aliphatic heterocycles. The topological polar surface area (TPSA) is 49.3 Å². The number of rotatable bonds is 8. The van der Waals surface area contributed by atoms with Gasteiger partial charge in [-0.1, -0.05) is 37.3 Å². The van der Waals surface area contributed by atoms with E-state index < -0.39 is 0 Å². The van der Waals surface area contributed by atoms with Crippen molar-refractivity contribution in [3.05, 3.63) is 52.0 Å². The zero-order valence-corrected chi connectivity index (χ0v) is 16.0. The molecule has 5 heteroatoms. The van der Waals surface area contributed by atoms with Crippen molar-refractivity contribution in [1.29, 1.82) is 0 Å². The van der Waals surface area contributed by atoms with Gasteiger partial charge in [0.05, 0.1) is 5.01 Å². The van der Waals surface area contributed by atoms with Gasteiger partial charge < -0.3 is 10.6 Å². The molecular weight excluding hydrogens is 328 g/mol. The van der Waals surface area contributed by atoms with Gasteiger partial charge in [-0.25, -0.2) is 4.98 Å². The first-order valence-corrected chi connectivity index (χ1v) is 9.97. The highest BCUT2D eigenvalue weighted by Gasteiger charge is 2.42. The molecule has 1 heterocycles. The Balaban J connectivity index is 1.41. The lowest BCUT2D eigenvalue weighted by atomic mass is 9.96. The number of aryl methyl sites for hydroxylation is 1. The van der Waals surface area contributed by atoms with E-state index in [0.717, 1.165) is 38.3 Å². The Morgan fingerprint density at radius 1 is 1.24 bits per heavy atom. The number of hydrogen-bond donors (Lipinski definition) is 2. The second-order valence-electron chi connectivity index (χ2n) is 6.84. The Kier molecular flexibility index (Phi) is 6.08. The van der Waals surface area contributed by atoms with Gasteiger partial charge in [0.25, 0.3) is 0 Å². The van der Waals surface area contributed by atoms with Crippen LogP contribution in [0.15, 0.2) is 41.5 Å². The SMILES string of the molecule is CCc1cnc(CCNC(=NC)NCC2(Cc3ccccc3)CC2)s1. The number of aliphatic imine (C=N–C) groups is 1. The minimum Gasteiger partial charge on any atom is -0.356 e. The molecule has 0 amide bonds. The normalized spacial score (nSPS) is 15.8. The fraction of sp³-hybridized carbons (Fsp3) is 0.500. The molecule has 2 aromatic rings. The summed E-state index contributed by atoms with van der Waals surface area (Å²) in [5, 5.41) is 8.13. The molecule has 1 saturated carbocycles. The second kappa shape index (κ2) is 8.48. The van der Waals surface area contributed by atoms with Crippen LogP contribution >= 0.6 is 11.3 Å². The van der Waals surface area contributed by atoms with E-state index in [0.29, 0.717) is 5.41 Å². The average molecular weight is 357 g/mol. The van der Waals surface area contributed by atoms with Gasteiger partial charge in [0.2, 0.25) is 0 Å². The van der Waals surface area contributed by atoms with Gasteiger partial charge in [0.1, 0.15) is 0 Å². The summed E-state index contributed by atoms with van der Waals surface area (Å²) in [4.78, 5) is 10.2. The zero-order chi connectivity index (χ0) is 17.5. The average Bonchev–Trinajstić information content (AvgIpc) is 3.25. The Morgan fingerprint density at radius 2 is 2.04 bits per heavy atom.